The molecule has 0 saturated carbocycles. The molecule has 0 bridgehead atoms. The first kappa shape index (κ1) is 20.0. The van der Waals surface area contributed by atoms with Crippen molar-refractivity contribution in [2.24, 2.45) is 0 Å². The van der Waals surface area contributed by atoms with E-state index in [0.717, 1.165) is 44.0 Å². The number of hydrogen-bond acceptors (Lipinski definition) is 7. The lowest BCUT2D eigenvalue weighted by molar-refractivity contribution is 0.381. The Labute approximate surface area is 155 Å². The van der Waals surface area contributed by atoms with Crippen molar-refractivity contribution in [1.82, 2.24) is 9.97 Å². The first-order valence-electron chi connectivity index (χ1n) is 7.50. The van der Waals surface area contributed by atoms with E-state index in [1.54, 1.807) is 17.5 Å². The summed E-state index contributed by atoms with van der Waals surface area (Å²) in [6.07, 6.45) is 4.34. The summed E-state index contributed by atoms with van der Waals surface area (Å²) < 4.78 is 32.6. The number of anilines is 1. The average molecular weight is 397 g/mol. The minimum absolute atomic E-state index is 0.368. The Morgan fingerprint density at radius 1 is 1.23 bits per heavy atom. The summed E-state index contributed by atoms with van der Waals surface area (Å²) in [6, 6.07) is 3.97. The van der Waals surface area contributed by atoms with Crippen LogP contribution in [0.2, 0.25) is 0 Å². The van der Waals surface area contributed by atoms with Crippen molar-refractivity contribution < 1.29 is 22.6 Å². The number of thiazole rings is 1. The fourth-order valence-corrected chi connectivity index (χ4v) is 3.47. The van der Waals surface area contributed by atoms with Gasteiger partial charge in [0.25, 0.3) is 0 Å². The topological polar surface area (TPSA) is 133 Å². The van der Waals surface area contributed by atoms with Gasteiger partial charge in [-0.05, 0) is 36.6 Å². The third-order valence-corrected chi connectivity index (χ3v) is 4.93. The molecule has 0 atom stereocenters. The van der Waals surface area contributed by atoms with Crippen molar-refractivity contribution >= 4 is 37.1 Å². The van der Waals surface area contributed by atoms with Crippen LogP contribution in [0.3, 0.4) is 0 Å². The Morgan fingerprint density at radius 2 is 1.88 bits per heavy atom. The van der Waals surface area contributed by atoms with Gasteiger partial charge in [-0.2, -0.15) is 8.42 Å². The molecule has 0 spiro atoms. The summed E-state index contributed by atoms with van der Waals surface area (Å²) in [5.74, 6) is 0.368. The van der Waals surface area contributed by atoms with Gasteiger partial charge in [0.15, 0.2) is 5.13 Å². The van der Waals surface area contributed by atoms with Crippen LogP contribution < -0.4 is 5.32 Å². The standard InChI is InChI=1S/C16H17N3OS.H2O4S/c1-9-12(7-11-5-4-6-18-8-11)13-15(10(2)14(9)20)21-16(17-3)19-13;1-5(2,3)4/h4-6,8,20H,7H2,1-3H3,(H,17,19);(H2,1,2,3,4). The number of pyridine rings is 1. The van der Waals surface area contributed by atoms with Crippen LogP contribution in [0.1, 0.15) is 22.3 Å². The van der Waals surface area contributed by atoms with Crippen molar-refractivity contribution in [3.8, 4) is 5.75 Å². The molecule has 0 aliphatic rings. The fraction of sp³-hybridized carbons (Fsp3) is 0.250. The maximum atomic E-state index is 10.4. The Bertz CT molecular complexity index is 1010. The van der Waals surface area contributed by atoms with Crippen LogP contribution in [0.4, 0.5) is 5.13 Å². The highest BCUT2D eigenvalue weighted by Gasteiger charge is 2.18. The second-order valence-corrected chi connectivity index (χ2v) is 7.40. The van der Waals surface area contributed by atoms with E-state index < -0.39 is 10.4 Å². The van der Waals surface area contributed by atoms with Gasteiger partial charge in [0.05, 0.1) is 10.2 Å². The lowest BCUT2D eigenvalue weighted by Crippen LogP contribution is -1.97. The smallest absolute Gasteiger partial charge is 0.394 e. The van der Waals surface area contributed by atoms with Gasteiger partial charge in [-0.25, -0.2) is 4.98 Å². The van der Waals surface area contributed by atoms with Gasteiger partial charge in [-0.15, -0.1) is 0 Å². The Kier molecular flexibility index (Phi) is 6.13. The first-order valence-corrected chi connectivity index (χ1v) is 9.71. The highest BCUT2D eigenvalue weighted by atomic mass is 32.3. The molecule has 0 aliphatic heterocycles. The number of phenols is 1. The Hall–Kier alpha value is -2.27. The van der Waals surface area contributed by atoms with E-state index in [9.17, 15) is 5.11 Å². The molecular weight excluding hydrogens is 378 g/mol. The fourth-order valence-electron chi connectivity index (χ4n) is 2.52. The third kappa shape index (κ3) is 4.88. The molecule has 2 aromatic heterocycles. The van der Waals surface area contributed by atoms with Gasteiger partial charge in [0, 0.05) is 31.4 Å². The Balaban J connectivity index is 0.000000431. The number of nitrogens with one attached hydrogen (secondary N) is 1. The largest absolute Gasteiger partial charge is 0.507 e. The molecule has 1 aromatic carbocycles. The van der Waals surface area contributed by atoms with Gasteiger partial charge in [-0.1, -0.05) is 17.4 Å². The second kappa shape index (κ2) is 7.96. The minimum atomic E-state index is -4.67. The molecule has 140 valence electrons. The van der Waals surface area contributed by atoms with Crippen LogP contribution in [-0.2, 0) is 16.8 Å². The molecule has 2 heterocycles. The number of aryl methyl sites for hydroxylation is 1. The van der Waals surface area contributed by atoms with Crippen LogP contribution in [0.5, 0.6) is 5.75 Å². The summed E-state index contributed by atoms with van der Waals surface area (Å²) in [4.78, 5) is 8.83. The number of hydrogen-bond donors (Lipinski definition) is 4. The highest BCUT2D eigenvalue weighted by Crippen LogP contribution is 2.39. The SMILES string of the molecule is CNc1nc2c(Cc3cccnc3)c(C)c(O)c(C)c2s1.O=S(=O)(O)O. The molecule has 4 N–H and O–H groups in total. The van der Waals surface area contributed by atoms with E-state index in [1.165, 1.54) is 0 Å². The molecule has 26 heavy (non-hydrogen) atoms. The summed E-state index contributed by atoms with van der Waals surface area (Å²) in [5, 5.41) is 14.3. The number of fused-ring (bicyclic) bond motifs is 1. The number of aromatic hydroxyl groups is 1. The summed E-state index contributed by atoms with van der Waals surface area (Å²) in [7, 11) is -2.81. The quantitative estimate of drug-likeness (QED) is 0.496. The second-order valence-electron chi connectivity index (χ2n) is 5.51. The van der Waals surface area contributed by atoms with E-state index >= 15 is 0 Å². The number of nitrogens with zero attached hydrogens (tertiary/aromatic N) is 2. The lowest BCUT2D eigenvalue weighted by atomic mass is 9.97. The van der Waals surface area contributed by atoms with E-state index in [2.05, 4.69) is 15.3 Å². The zero-order valence-electron chi connectivity index (χ0n) is 14.4. The van der Waals surface area contributed by atoms with Crippen molar-refractivity contribution in [2.45, 2.75) is 20.3 Å². The van der Waals surface area contributed by atoms with Crippen LogP contribution in [0.25, 0.3) is 10.2 Å². The van der Waals surface area contributed by atoms with E-state index in [1.807, 2.05) is 39.2 Å². The first-order chi connectivity index (χ1) is 12.1. The third-order valence-electron chi connectivity index (χ3n) is 3.73. The monoisotopic (exact) mass is 397 g/mol. The summed E-state index contributed by atoms with van der Waals surface area (Å²) in [6.45, 7) is 3.89. The van der Waals surface area contributed by atoms with Crippen LogP contribution >= 0.6 is 11.3 Å². The van der Waals surface area contributed by atoms with E-state index in [0.29, 0.717) is 5.75 Å². The minimum Gasteiger partial charge on any atom is -0.507 e. The van der Waals surface area contributed by atoms with Crippen LogP contribution in [0, 0.1) is 13.8 Å². The molecule has 0 unspecified atom stereocenters. The summed E-state index contributed by atoms with van der Waals surface area (Å²) >= 11 is 1.57. The number of benzene rings is 1. The molecule has 0 fully saturated rings. The maximum Gasteiger partial charge on any atom is 0.394 e. The zero-order valence-corrected chi connectivity index (χ0v) is 16.0. The van der Waals surface area contributed by atoms with Gasteiger partial charge >= 0.3 is 10.4 Å². The number of rotatable bonds is 3. The van der Waals surface area contributed by atoms with Gasteiger partial charge in [0.1, 0.15) is 5.75 Å². The normalized spacial score (nSPS) is 11.1. The molecule has 8 nitrogen and oxygen atoms in total. The van der Waals surface area contributed by atoms with E-state index in [-0.39, 0.29) is 0 Å². The van der Waals surface area contributed by atoms with Crippen LogP contribution in [-0.4, -0.2) is 39.6 Å². The van der Waals surface area contributed by atoms with Crippen molar-refractivity contribution in [2.75, 3.05) is 12.4 Å². The van der Waals surface area contributed by atoms with Crippen molar-refractivity contribution in [3.63, 3.8) is 0 Å². The molecular formula is C16H19N3O5S2. The molecule has 3 aromatic rings. The molecule has 0 amide bonds. The van der Waals surface area contributed by atoms with Gasteiger partial charge in [-0.3, -0.25) is 14.1 Å². The molecule has 0 aliphatic carbocycles. The predicted molar refractivity (Wildman–Crippen MR) is 102 cm³/mol. The molecule has 0 saturated heterocycles. The van der Waals surface area contributed by atoms with Gasteiger partial charge < -0.3 is 10.4 Å². The van der Waals surface area contributed by atoms with Crippen LogP contribution in [0.15, 0.2) is 24.5 Å². The zero-order chi connectivity index (χ0) is 19.5. The molecule has 10 heteroatoms. The van der Waals surface area contributed by atoms with Crippen molar-refractivity contribution in [3.05, 3.63) is 46.8 Å². The Morgan fingerprint density at radius 3 is 2.42 bits per heavy atom. The lowest BCUT2D eigenvalue weighted by Gasteiger charge is -2.11. The summed E-state index contributed by atoms with van der Waals surface area (Å²) in [5.41, 5.74) is 4.96. The molecule has 0 radical (unpaired) electrons. The predicted octanol–water partition coefficient (Wildman–Crippen LogP) is 2.99. The van der Waals surface area contributed by atoms with E-state index in [4.69, 9.17) is 17.5 Å². The molecule has 3 rings (SSSR count). The maximum absolute atomic E-state index is 10.4. The van der Waals surface area contributed by atoms with Gasteiger partial charge in [0.2, 0.25) is 0 Å². The van der Waals surface area contributed by atoms with Crippen molar-refractivity contribution in [1.29, 1.82) is 0 Å². The number of aromatic nitrogens is 2. The number of phenolic OH excluding ortho intramolecular Hbond substituents is 1. The highest BCUT2D eigenvalue weighted by molar-refractivity contribution is 7.79. The average Bonchev–Trinajstić information content (AvgIpc) is 3.01.